The molecule has 1 fully saturated rings. The van der Waals surface area contributed by atoms with Gasteiger partial charge in [-0.1, -0.05) is 25.5 Å². The van der Waals surface area contributed by atoms with Crippen molar-refractivity contribution in [2.24, 2.45) is 11.7 Å². The van der Waals surface area contributed by atoms with Crippen LogP contribution in [0.5, 0.6) is 5.75 Å². The summed E-state index contributed by atoms with van der Waals surface area (Å²) in [6, 6.07) is 8.13. The Morgan fingerprint density at radius 1 is 1.25 bits per heavy atom. The first-order valence-electron chi connectivity index (χ1n) is 7.53. The van der Waals surface area contributed by atoms with Gasteiger partial charge in [-0.3, -0.25) is 4.98 Å². The van der Waals surface area contributed by atoms with E-state index in [4.69, 9.17) is 10.5 Å². The quantitative estimate of drug-likeness (QED) is 0.926. The van der Waals surface area contributed by atoms with Crippen molar-refractivity contribution in [2.45, 2.75) is 45.3 Å². The van der Waals surface area contributed by atoms with E-state index in [1.54, 1.807) is 0 Å². The molecule has 3 rings (SSSR count). The molecule has 1 aliphatic rings. The first-order chi connectivity index (χ1) is 9.79. The van der Waals surface area contributed by atoms with E-state index in [1.807, 2.05) is 24.4 Å². The van der Waals surface area contributed by atoms with E-state index in [0.717, 1.165) is 28.6 Å². The molecule has 106 valence electrons. The van der Waals surface area contributed by atoms with Crippen molar-refractivity contribution in [1.29, 1.82) is 0 Å². The highest BCUT2D eigenvalue weighted by Crippen LogP contribution is 2.33. The highest BCUT2D eigenvalue weighted by Gasteiger charge is 2.24. The van der Waals surface area contributed by atoms with E-state index in [9.17, 15) is 0 Å². The van der Waals surface area contributed by atoms with Crippen molar-refractivity contribution < 1.29 is 4.74 Å². The average Bonchev–Trinajstić information content (AvgIpc) is 2.50. The van der Waals surface area contributed by atoms with Crippen LogP contribution in [0.15, 0.2) is 30.5 Å². The third kappa shape index (κ3) is 2.50. The van der Waals surface area contributed by atoms with Gasteiger partial charge in [0.05, 0.1) is 5.52 Å². The summed E-state index contributed by atoms with van der Waals surface area (Å²) in [4.78, 5) is 4.46. The number of hydrogen-bond acceptors (Lipinski definition) is 3. The van der Waals surface area contributed by atoms with Crippen molar-refractivity contribution in [3.63, 3.8) is 0 Å². The molecule has 0 spiro atoms. The zero-order chi connectivity index (χ0) is 13.9. The summed E-state index contributed by atoms with van der Waals surface area (Å²) in [5.41, 5.74) is 7.84. The number of aromatic nitrogens is 1. The van der Waals surface area contributed by atoms with Gasteiger partial charge in [-0.15, -0.1) is 0 Å². The number of para-hydroxylation sites is 1. The van der Waals surface area contributed by atoms with Gasteiger partial charge in [0.2, 0.25) is 0 Å². The van der Waals surface area contributed by atoms with Gasteiger partial charge in [0.1, 0.15) is 11.9 Å². The van der Waals surface area contributed by atoms with E-state index in [0.29, 0.717) is 18.6 Å². The van der Waals surface area contributed by atoms with Crippen LogP contribution in [0, 0.1) is 5.92 Å². The van der Waals surface area contributed by atoms with Gasteiger partial charge in [-0.2, -0.15) is 0 Å². The molecule has 1 aromatic heterocycles. The van der Waals surface area contributed by atoms with Gasteiger partial charge < -0.3 is 10.5 Å². The second kappa shape index (κ2) is 5.80. The fraction of sp³-hybridized carbons (Fsp3) is 0.471. The number of fused-ring (bicyclic) bond motifs is 1. The zero-order valence-corrected chi connectivity index (χ0v) is 12.0. The Balaban J connectivity index is 2.00. The smallest absolute Gasteiger partial charge is 0.135 e. The summed E-state index contributed by atoms with van der Waals surface area (Å²) in [5, 5.41) is 1.08. The largest absolute Gasteiger partial charge is 0.489 e. The number of pyridine rings is 1. The number of nitrogens with zero attached hydrogens (tertiary/aromatic N) is 1. The molecule has 1 saturated carbocycles. The zero-order valence-electron chi connectivity index (χ0n) is 12.0. The molecule has 3 nitrogen and oxygen atoms in total. The lowest BCUT2D eigenvalue weighted by Crippen LogP contribution is -2.28. The molecule has 0 bridgehead atoms. The molecule has 2 N–H and O–H groups in total. The van der Waals surface area contributed by atoms with Gasteiger partial charge in [0.25, 0.3) is 0 Å². The lowest BCUT2D eigenvalue weighted by Gasteiger charge is -2.30. The number of benzene rings is 1. The van der Waals surface area contributed by atoms with E-state index in [1.165, 1.54) is 19.3 Å². The van der Waals surface area contributed by atoms with Gasteiger partial charge >= 0.3 is 0 Å². The molecule has 1 aliphatic carbocycles. The minimum Gasteiger partial charge on any atom is -0.489 e. The Labute approximate surface area is 120 Å². The van der Waals surface area contributed by atoms with Gasteiger partial charge in [-0.25, -0.2) is 0 Å². The molecule has 2 atom stereocenters. The predicted octanol–water partition coefficient (Wildman–Crippen LogP) is 3.65. The monoisotopic (exact) mass is 270 g/mol. The van der Waals surface area contributed by atoms with Crippen LogP contribution >= 0.6 is 0 Å². The number of nitrogens with two attached hydrogens (primary N) is 1. The topological polar surface area (TPSA) is 48.1 Å². The Morgan fingerprint density at radius 2 is 2.05 bits per heavy atom. The van der Waals surface area contributed by atoms with Crippen molar-refractivity contribution in [3.05, 3.63) is 36.0 Å². The number of rotatable bonds is 3. The summed E-state index contributed by atoms with van der Waals surface area (Å²) < 4.78 is 6.38. The molecule has 0 amide bonds. The maximum absolute atomic E-state index is 6.38. The van der Waals surface area contributed by atoms with Crippen LogP contribution in [-0.2, 0) is 6.54 Å². The summed E-state index contributed by atoms with van der Waals surface area (Å²) in [6.45, 7) is 2.75. The molecule has 20 heavy (non-hydrogen) atoms. The van der Waals surface area contributed by atoms with Crippen molar-refractivity contribution in [3.8, 4) is 5.75 Å². The second-order valence-electron chi connectivity index (χ2n) is 5.75. The third-order valence-electron chi connectivity index (χ3n) is 4.32. The summed E-state index contributed by atoms with van der Waals surface area (Å²) >= 11 is 0. The summed E-state index contributed by atoms with van der Waals surface area (Å²) in [7, 11) is 0. The Bertz CT molecular complexity index is 597. The highest BCUT2D eigenvalue weighted by molar-refractivity contribution is 5.86. The predicted molar refractivity (Wildman–Crippen MR) is 81.7 cm³/mol. The van der Waals surface area contributed by atoms with Gasteiger partial charge in [0.15, 0.2) is 0 Å². The van der Waals surface area contributed by atoms with Gasteiger partial charge in [-0.05, 0) is 37.3 Å². The van der Waals surface area contributed by atoms with E-state index in [2.05, 4.69) is 18.0 Å². The first kappa shape index (κ1) is 13.4. The van der Waals surface area contributed by atoms with Crippen LogP contribution in [0.25, 0.3) is 10.9 Å². The molecule has 0 saturated heterocycles. The Morgan fingerprint density at radius 3 is 2.85 bits per heavy atom. The molecule has 2 unspecified atom stereocenters. The normalized spacial score (nSPS) is 22.9. The maximum Gasteiger partial charge on any atom is 0.135 e. The van der Waals surface area contributed by atoms with E-state index in [-0.39, 0.29) is 0 Å². The maximum atomic E-state index is 6.38. The minimum atomic E-state index is 0.305. The molecular formula is C17H22N2O. The standard InChI is InChI=1S/C17H22N2O/c1-12-6-2-5-9-16(12)20-17-13(10-18)11-19-15-8-4-3-7-14(15)17/h3-4,7-8,11-12,16H,2,5-6,9-10,18H2,1H3. The Kier molecular flexibility index (Phi) is 3.88. The fourth-order valence-corrected chi connectivity index (χ4v) is 3.05. The number of ether oxygens (including phenoxy) is 1. The SMILES string of the molecule is CC1CCCCC1Oc1c(CN)cnc2ccccc12. The molecule has 0 radical (unpaired) electrons. The molecule has 1 aromatic carbocycles. The first-order valence-corrected chi connectivity index (χ1v) is 7.53. The van der Waals surface area contributed by atoms with Crippen LogP contribution in [0.4, 0.5) is 0 Å². The average molecular weight is 270 g/mol. The Hall–Kier alpha value is -1.61. The lowest BCUT2D eigenvalue weighted by atomic mass is 9.88. The third-order valence-corrected chi connectivity index (χ3v) is 4.32. The summed E-state index contributed by atoms with van der Waals surface area (Å²) in [6.07, 6.45) is 7.14. The number of hydrogen-bond donors (Lipinski definition) is 1. The van der Waals surface area contributed by atoms with Crippen LogP contribution in [-0.4, -0.2) is 11.1 Å². The molecule has 0 aliphatic heterocycles. The van der Waals surface area contributed by atoms with Crippen LogP contribution < -0.4 is 10.5 Å². The van der Waals surface area contributed by atoms with Crippen LogP contribution in [0.3, 0.4) is 0 Å². The van der Waals surface area contributed by atoms with Crippen molar-refractivity contribution in [2.75, 3.05) is 0 Å². The van der Waals surface area contributed by atoms with Crippen molar-refractivity contribution >= 4 is 10.9 Å². The summed E-state index contributed by atoms with van der Waals surface area (Å²) in [5.74, 6) is 1.55. The molecule has 2 aromatic rings. The van der Waals surface area contributed by atoms with Crippen LogP contribution in [0.2, 0.25) is 0 Å². The van der Waals surface area contributed by atoms with Crippen molar-refractivity contribution in [1.82, 2.24) is 4.98 Å². The van der Waals surface area contributed by atoms with Gasteiger partial charge in [0, 0.05) is 23.7 Å². The minimum absolute atomic E-state index is 0.305. The second-order valence-corrected chi connectivity index (χ2v) is 5.75. The molecule has 3 heteroatoms. The van der Waals surface area contributed by atoms with Crippen LogP contribution in [0.1, 0.15) is 38.2 Å². The van der Waals surface area contributed by atoms with E-state index < -0.39 is 0 Å². The van der Waals surface area contributed by atoms with E-state index >= 15 is 0 Å². The molecular weight excluding hydrogens is 248 g/mol. The fourth-order valence-electron chi connectivity index (χ4n) is 3.05. The molecule has 1 heterocycles. The lowest BCUT2D eigenvalue weighted by molar-refractivity contribution is 0.103. The highest BCUT2D eigenvalue weighted by atomic mass is 16.5.